The predicted octanol–water partition coefficient (Wildman–Crippen LogP) is 3.59. The molecule has 1 N–H and O–H groups in total. The van der Waals surface area contributed by atoms with E-state index in [1.54, 1.807) is 16.4 Å². The second-order valence-electron chi connectivity index (χ2n) is 6.41. The Morgan fingerprint density at radius 2 is 1.75 bits per heavy atom. The van der Waals surface area contributed by atoms with Gasteiger partial charge in [0.15, 0.2) is 0 Å². The molecule has 0 atom stereocenters. The minimum Gasteiger partial charge on any atom is -0.355 e. The highest BCUT2D eigenvalue weighted by Crippen LogP contribution is 2.23. The van der Waals surface area contributed by atoms with Crippen LogP contribution in [0.2, 0.25) is 0 Å². The number of nitrogens with one attached hydrogen (secondary N) is 1. The lowest BCUT2D eigenvalue weighted by Gasteiger charge is -2.10. The van der Waals surface area contributed by atoms with E-state index in [-0.39, 0.29) is 11.7 Å². The maximum absolute atomic E-state index is 12.2. The highest BCUT2D eigenvalue weighted by molar-refractivity contribution is 7.99. The summed E-state index contributed by atoms with van der Waals surface area (Å²) in [6, 6.07) is 14.5. The lowest BCUT2D eigenvalue weighted by Crippen LogP contribution is -2.27. The maximum Gasteiger partial charge on any atom is 0.230 e. The summed E-state index contributed by atoms with van der Waals surface area (Å²) in [5.41, 5.74) is 4.39. The molecule has 0 saturated heterocycles. The minimum atomic E-state index is -0.0226. The highest BCUT2D eigenvalue weighted by atomic mass is 32.2. The molecule has 0 aliphatic carbocycles. The Morgan fingerprint density at radius 3 is 2.46 bits per heavy atom. The topological polar surface area (TPSA) is 72.7 Å². The number of nitrogens with zero attached hydrogens (tertiary/aromatic N) is 4. The van der Waals surface area contributed by atoms with Crippen molar-refractivity contribution in [3.63, 3.8) is 0 Å². The van der Waals surface area contributed by atoms with Gasteiger partial charge in [-0.3, -0.25) is 4.79 Å². The third kappa shape index (κ3) is 5.36. The van der Waals surface area contributed by atoms with Gasteiger partial charge in [-0.25, -0.2) is 0 Å². The molecule has 0 aliphatic rings. The number of hydrogen-bond donors (Lipinski definition) is 1. The van der Waals surface area contributed by atoms with Gasteiger partial charge < -0.3 is 5.32 Å². The van der Waals surface area contributed by atoms with Gasteiger partial charge in [0.05, 0.1) is 11.4 Å². The zero-order valence-corrected chi connectivity index (χ0v) is 17.8. The minimum absolute atomic E-state index is 0.0226. The molecule has 28 heavy (non-hydrogen) atoms. The summed E-state index contributed by atoms with van der Waals surface area (Å²) in [7, 11) is 0. The Balaban J connectivity index is 1.48. The van der Waals surface area contributed by atoms with Gasteiger partial charge in [0.2, 0.25) is 11.1 Å². The van der Waals surface area contributed by atoms with Crippen molar-refractivity contribution in [3.05, 3.63) is 59.2 Å². The lowest BCUT2D eigenvalue weighted by molar-refractivity contribution is -0.118. The molecule has 6 nitrogen and oxygen atoms in total. The SMILES string of the molecule is Cc1ccc(SCCNC(=O)CSc2nnnn2-c2c(C)cccc2C)cc1. The third-order valence-corrected chi connectivity index (χ3v) is 6.07. The Morgan fingerprint density at radius 1 is 1.04 bits per heavy atom. The first-order valence-electron chi connectivity index (χ1n) is 8.98. The van der Waals surface area contributed by atoms with E-state index in [0.29, 0.717) is 11.7 Å². The zero-order valence-electron chi connectivity index (χ0n) is 16.2. The predicted molar refractivity (Wildman–Crippen MR) is 114 cm³/mol. The molecule has 0 fully saturated rings. The number of rotatable bonds is 8. The van der Waals surface area contributed by atoms with Gasteiger partial charge in [-0.05, 0) is 54.5 Å². The summed E-state index contributed by atoms with van der Waals surface area (Å²) in [4.78, 5) is 13.4. The van der Waals surface area contributed by atoms with Crippen molar-refractivity contribution in [2.75, 3.05) is 18.1 Å². The average molecular weight is 414 g/mol. The number of tetrazole rings is 1. The van der Waals surface area contributed by atoms with Crippen molar-refractivity contribution in [1.29, 1.82) is 0 Å². The van der Waals surface area contributed by atoms with Crippen molar-refractivity contribution in [3.8, 4) is 5.69 Å². The van der Waals surface area contributed by atoms with Gasteiger partial charge >= 0.3 is 0 Å². The number of benzene rings is 2. The Hall–Kier alpha value is -2.32. The molecule has 0 aliphatic heterocycles. The normalized spacial score (nSPS) is 10.8. The summed E-state index contributed by atoms with van der Waals surface area (Å²) >= 11 is 3.07. The van der Waals surface area contributed by atoms with E-state index >= 15 is 0 Å². The first-order chi connectivity index (χ1) is 13.5. The summed E-state index contributed by atoms with van der Waals surface area (Å²) in [6.07, 6.45) is 0. The molecule has 0 bridgehead atoms. The number of carbonyl (C=O) groups excluding carboxylic acids is 1. The molecular weight excluding hydrogens is 390 g/mol. The zero-order chi connectivity index (χ0) is 19.9. The summed E-state index contributed by atoms with van der Waals surface area (Å²) in [5, 5.41) is 15.5. The van der Waals surface area contributed by atoms with Crippen molar-refractivity contribution in [2.24, 2.45) is 0 Å². The molecule has 0 radical (unpaired) electrons. The number of thioether (sulfide) groups is 2. The standard InChI is InChI=1S/C20H23N5OS2/c1-14-7-9-17(10-8-14)27-12-11-21-18(26)13-28-20-22-23-24-25(20)19-15(2)5-4-6-16(19)3/h4-10H,11-13H2,1-3H3,(H,21,26). The molecule has 1 amide bonds. The van der Waals surface area contributed by atoms with E-state index < -0.39 is 0 Å². The van der Waals surface area contributed by atoms with Gasteiger partial charge in [-0.1, -0.05) is 47.7 Å². The van der Waals surface area contributed by atoms with Gasteiger partial charge in [0.1, 0.15) is 0 Å². The summed E-state index contributed by atoms with van der Waals surface area (Å²) < 4.78 is 1.70. The highest BCUT2D eigenvalue weighted by Gasteiger charge is 2.14. The fraction of sp³-hybridized carbons (Fsp3) is 0.300. The molecular formula is C20H23N5OS2. The van der Waals surface area contributed by atoms with Gasteiger partial charge in [0.25, 0.3) is 0 Å². The molecule has 1 aromatic heterocycles. The van der Waals surface area contributed by atoms with E-state index in [1.165, 1.54) is 22.2 Å². The summed E-state index contributed by atoms with van der Waals surface area (Å²) in [5.74, 6) is 1.09. The third-order valence-electron chi connectivity index (χ3n) is 4.14. The Kier molecular flexibility index (Phi) is 7.11. The van der Waals surface area contributed by atoms with Gasteiger partial charge in [-0.2, -0.15) is 4.68 Å². The largest absolute Gasteiger partial charge is 0.355 e. The van der Waals surface area contributed by atoms with E-state index in [2.05, 4.69) is 52.0 Å². The van der Waals surface area contributed by atoms with E-state index in [4.69, 9.17) is 0 Å². The fourth-order valence-electron chi connectivity index (χ4n) is 2.72. The second kappa shape index (κ2) is 9.75. The smallest absolute Gasteiger partial charge is 0.230 e. The van der Waals surface area contributed by atoms with Crippen LogP contribution in [0.3, 0.4) is 0 Å². The van der Waals surface area contributed by atoms with Crippen molar-refractivity contribution in [2.45, 2.75) is 30.8 Å². The Bertz CT molecular complexity index is 920. The van der Waals surface area contributed by atoms with Crippen LogP contribution in [0, 0.1) is 20.8 Å². The van der Waals surface area contributed by atoms with E-state index in [9.17, 15) is 4.79 Å². The van der Waals surface area contributed by atoms with Crippen LogP contribution in [-0.2, 0) is 4.79 Å². The molecule has 3 aromatic rings. The van der Waals surface area contributed by atoms with Crippen LogP contribution < -0.4 is 5.32 Å². The number of hydrogen-bond acceptors (Lipinski definition) is 6. The van der Waals surface area contributed by atoms with Gasteiger partial charge in [0, 0.05) is 17.2 Å². The quantitative estimate of drug-likeness (QED) is 0.449. The molecule has 146 valence electrons. The van der Waals surface area contributed by atoms with Crippen LogP contribution >= 0.6 is 23.5 Å². The second-order valence-corrected chi connectivity index (χ2v) is 8.52. The summed E-state index contributed by atoms with van der Waals surface area (Å²) in [6.45, 7) is 6.75. The monoisotopic (exact) mass is 413 g/mol. The van der Waals surface area contributed by atoms with Crippen LogP contribution in [0.1, 0.15) is 16.7 Å². The molecule has 1 heterocycles. The fourth-order valence-corrected chi connectivity index (χ4v) is 4.20. The number of aryl methyl sites for hydroxylation is 3. The first-order valence-corrected chi connectivity index (χ1v) is 11.0. The van der Waals surface area contributed by atoms with Gasteiger partial charge in [-0.15, -0.1) is 16.9 Å². The first kappa shape index (κ1) is 20.4. The number of aromatic nitrogens is 4. The van der Waals surface area contributed by atoms with Crippen molar-refractivity contribution < 1.29 is 4.79 Å². The average Bonchev–Trinajstić information content (AvgIpc) is 3.13. The number of carbonyl (C=O) groups is 1. The van der Waals surface area contributed by atoms with Crippen molar-refractivity contribution in [1.82, 2.24) is 25.5 Å². The maximum atomic E-state index is 12.2. The van der Waals surface area contributed by atoms with Crippen LogP contribution in [0.25, 0.3) is 5.69 Å². The van der Waals surface area contributed by atoms with E-state index in [1.807, 2.05) is 32.0 Å². The van der Waals surface area contributed by atoms with Crippen LogP contribution in [0.15, 0.2) is 52.5 Å². The molecule has 0 spiro atoms. The molecule has 0 unspecified atom stereocenters. The Labute approximate surface area is 173 Å². The lowest BCUT2D eigenvalue weighted by atomic mass is 10.1. The number of para-hydroxylation sites is 1. The molecule has 8 heteroatoms. The van der Waals surface area contributed by atoms with Crippen LogP contribution in [-0.4, -0.2) is 44.2 Å². The molecule has 0 saturated carbocycles. The van der Waals surface area contributed by atoms with Crippen molar-refractivity contribution >= 4 is 29.4 Å². The van der Waals surface area contributed by atoms with Crippen LogP contribution in [0.5, 0.6) is 0 Å². The van der Waals surface area contributed by atoms with E-state index in [0.717, 1.165) is 22.6 Å². The number of amides is 1. The molecule has 3 rings (SSSR count). The van der Waals surface area contributed by atoms with Crippen LogP contribution in [0.4, 0.5) is 0 Å². The molecule has 2 aromatic carbocycles.